The molecule has 0 amide bonds. The molecule has 1 aromatic carbocycles. The summed E-state index contributed by atoms with van der Waals surface area (Å²) in [5.74, 6) is 0.975. The summed E-state index contributed by atoms with van der Waals surface area (Å²) < 4.78 is 0. The molecular weight excluding hydrogens is 302 g/mol. The van der Waals surface area contributed by atoms with E-state index in [1.807, 2.05) is 6.92 Å². The Hall–Kier alpha value is -3.46. The number of hydrogen-bond acceptors (Lipinski definition) is 6. The van der Waals surface area contributed by atoms with Crippen LogP contribution >= 0.6 is 0 Å². The minimum Gasteiger partial charge on any atom is -0.508 e. The molecule has 6 nitrogen and oxygen atoms in total. The molecule has 0 aliphatic heterocycles. The second-order valence-corrected chi connectivity index (χ2v) is 5.40. The number of phenols is 1. The summed E-state index contributed by atoms with van der Waals surface area (Å²) in [5, 5.41) is 19.0. The van der Waals surface area contributed by atoms with Crippen LogP contribution in [0.3, 0.4) is 0 Å². The molecule has 0 unspecified atom stereocenters. The molecule has 0 aliphatic carbocycles. The standard InChI is InChI=1S/C18H15N5O/c1-10-16(13-8-21-11(2)22-9-13)15(7-19)18(20)23-17(10)12-3-5-14(24)6-4-12/h3-6,8-9,24H,1-2H3,(H2,20,23). The van der Waals surface area contributed by atoms with Gasteiger partial charge in [0, 0.05) is 29.1 Å². The number of hydrogen-bond donors (Lipinski definition) is 2. The van der Waals surface area contributed by atoms with Gasteiger partial charge < -0.3 is 10.8 Å². The second-order valence-electron chi connectivity index (χ2n) is 5.40. The number of nitrogens with zero attached hydrogens (tertiary/aromatic N) is 4. The number of aromatic nitrogens is 3. The molecule has 3 rings (SSSR count). The van der Waals surface area contributed by atoms with Crippen molar-refractivity contribution in [1.82, 2.24) is 15.0 Å². The Labute approximate surface area is 139 Å². The van der Waals surface area contributed by atoms with Crippen LogP contribution in [0.2, 0.25) is 0 Å². The van der Waals surface area contributed by atoms with E-state index in [1.54, 1.807) is 43.6 Å². The quantitative estimate of drug-likeness (QED) is 0.752. The van der Waals surface area contributed by atoms with Crippen molar-refractivity contribution in [2.75, 3.05) is 5.73 Å². The molecule has 3 N–H and O–H groups in total. The Balaban J connectivity index is 2.29. The van der Waals surface area contributed by atoms with Crippen LogP contribution in [0, 0.1) is 25.2 Å². The van der Waals surface area contributed by atoms with E-state index in [-0.39, 0.29) is 11.6 Å². The Morgan fingerprint density at radius 2 is 1.67 bits per heavy atom. The molecule has 0 saturated heterocycles. The van der Waals surface area contributed by atoms with Crippen LogP contribution in [0.15, 0.2) is 36.7 Å². The molecule has 0 spiro atoms. The SMILES string of the molecule is Cc1ncc(-c2c(C)c(-c3ccc(O)cc3)nc(N)c2C#N)cn1. The van der Waals surface area contributed by atoms with Crippen molar-refractivity contribution in [2.45, 2.75) is 13.8 Å². The highest BCUT2D eigenvalue weighted by Gasteiger charge is 2.18. The highest BCUT2D eigenvalue weighted by atomic mass is 16.3. The third kappa shape index (κ3) is 2.63. The molecule has 0 atom stereocenters. The van der Waals surface area contributed by atoms with E-state index in [1.165, 1.54) is 0 Å². The normalized spacial score (nSPS) is 10.4. The highest BCUT2D eigenvalue weighted by molar-refractivity contribution is 5.83. The second kappa shape index (κ2) is 5.97. The van der Waals surface area contributed by atoms with Gasteiger partial charge in [-0.1, -0.05) is 0 Å². The monoisotopic (exact) mass is 317 g/mol. The number of nitrogen functional groups attached to an aromatic ring is 1. The Bertz CT molecular complexity index is 941. The average molecular weight is 317 g/mol. The largest absolute Gasteiger partial charge is 0.508 e. The number of aromatic hydroxyl groups is 1. The first-order valence-electron chi connectivity index (χ1n) is 7.30. The van der Waals surface area contributed by atoms with Crippen molar-refractivity contribution in [2.24, 2.45) is 0 Å². The third-order valence-electron chi connectivity index (χ3n) is 3.79. The van der Waals surface area contributed by atoms with E-state index in [0.717, 1.165) is 11.1 Å². The summed E-state index contributed by atoms with van der Waals surface area (Å²) in [7, 11) is 0. The van der Waals surface area contributed by atoms with Gasteiger partial charge in [0.15, 0.2) is 0 Å². The fourth-order valence-electron chi connectivity index (χ4n) is 2.59. The number of phenolic OH excluding ortho intramolecular Hbond substituents is 1. The van der Waals surface area contributed by atoms with Gasteiger partial charge >= 0.3 is 0 Å². The van der Waals surface area contributed by atoms with Gasteiger partial charge in [-0.2, -0.15) is 5.26 Å². The van der Waals surface area contributed by atoms with Crippen molar-refractivity contribution in [3.05, 3.63) is 53.6 Å². The van der Waals surface area contributed by atoms with Crippen LogP contribution in [-0.2, 0) is 0 Å². The van der Waals surface area contributed by atoms with Gasteiger partial charge in [-0.3, -0.25) is 0 Å². The van der Waals surface area contributed by atoms with E-state index in [2.05, 4.69) is 21.0 Å². The zero-order valence-corrected chi connectivity index (χ0v) is 13.3. The van der Waals surface area contributed by atoms with Gasteiger partial charge in [-0.15, -0.1) is 0 Å². The van der Waals surface area contributed by atoms with E-state index in [9.17, 15) is 10.4 Å². The Morgan fingerprint density at radius 3 is 2.25 bits per heavy atom. The fraction of sp³-hybridized carbons (Fsp3) is 0.111. The smallest absolute Gasteiger partial charge is 0.142 e. The summed E-state index contributed by atoms with van der Waals surface area (Å²) in [6, 6.07) is 8.80. The van der Waals surface area contributed by atoms with Gasteiger partial charge in [0.1, 0.15) is 29.0 Å². The predicted octanol–water partition coefficient (Wildman–Crippen LogP) is 2.98. The van der Waals surface area contributed by atoms with Gasteiger partial charge in [0.05, 0.1) is 5.69 Å². The Morgan fingerprint density at radius 1 is 1.04 bits per heavy atom. The van der Waals surface area contributed by atoms with Crippen LogP contribution < -0.4 is 5.73 Å². The molecule has 2 aromatic heterocycles. The van der Waals surface area contributed by atoms with Crippen LogP contribution in [0.1, 0.15) is 17.0 Å². The van der Waals surface area contributed by atoms with E-state index in [0.29, 0.717) is 28.2 Å². The van der Waals surface area contributed by atoms with Gasteiger partial charge in [-0.25, -0.2) is 15.0 Å². The summed E-state index contributed by atoms with van der Waals surface area (Å²) >= 11 is 0. The fourth-order valence-corrected chi connectivity index (χ4v) is 2.59. The molecule has 0 aliphatic rings. The maximum atomic E-state index is 9.49. The lowest BCUT2D eigenvalue weighted by Gasteiger charge is -2.14. The minimum absolute atomic E-state index is 0.154. The predicted molar refractivity (Wildman–Crippen MR) is 91.0 cm³/mol. The summed E-state index contributed by atoms with van der Waals surface area (Å²) in [5.41, 5.74) is 9.97. The first-order chi connectivity index (χ1) is 11.5. The average Bonchev–Trinajstić information content (AvgIpc) is 2.58. The van der Waals surface area contributed by atoms with Crippen molar-refractivity contribution < 1.29 is 5.11 Å². The van der Waals surface area contributed by atoms with Gasteiger partial charge in [-0.05, 0) is 43.7 Å². The third-order valence-corrected chi connectivity index (χ3v) is 3.79. The molecule has 0 fully saturated rings. The number of aryl methyl sites for hydroxylation is 1. The number of nitrogens with two attached hydrogens (primary N) is 1. The molecule has 3 aromatic rings. The van der Waals surface area contributed by atoms with E-state index >= 15 is 0 Å². The van der Waals surface area contributed by atoms with Gasteiger partial charge in [0.2, 0.25) is 0 Å². The van der Waals surface area contributed by atoms with Crippen LogP contribution in [0.4, 0.5) is 5.82 Å². The molecule has 24 heavy (non-hydrogen) atoms. The molecule has 0 bridgehead atoms. The molecule has 6 heteroatoms. The maximum Gasteiger partial charge on any atom is 0.142 e. The summed E-state index contributed by atoms with van der Waals surface area (Å²) in [6.45, 7) is 3.68. The lowest BCUT2D eigenvalue weighted by atomic mass is 9.94. The van der Waals surface area contributed by atoms with Crippen LogP contribution in [0.5, 0.6) is 5.75 Å². The van der Waals surface area contributed by atoms with Crippen LogP contribution in [0.25, 0.3) is 22.4 Å². The zero-order valence-electron chi connectivity index (χ0n) is 13.3. The van der Waals surface area contributed by atoms with Crippen molar-refractivity contribution in [3.8, 4) is 34.2 Å². The van der Waals surface area contributed by atoms with Crippen LogP contribution in [-0.4, -0.2) is 20.1 Å². The zero-order chi connectivity index (χ0) is 17.3. The van der Waals surface area contributed by atoms with E-state index < -0.39 is 0 Å². The van der Waals surface area contributed by atoms with Crippen molar-refractivity contribution in [3.63, 3.8) is 0 Å². The topological polar surface area (TPSA) is 109 Å². The van der Waals surface area contributed by atoms with Gasteiger partial charge in [0.25, 0.3) is 0 Å². The highest BCUT2D eigenvalue weighted by Crippen LogP contribution is 2.35. The summed E-state index contributed by atoms with van der Waals surface area (Å²) in [4.78, 5) is 12.8. The molecule has 0 saturated carbocycles. The lowest BCUT2D eigenvalue weighted by Crippen LogP contribution is -2.03. The number of benzene rings is 1. The maximum absolute atomic E-state index is 9.49. The summed E-state index contributed by atoms with van der Waals surface area (Å²) in [6.07, 6.45) is 3.34. The molecular formula is C18H15N5O. The first kappa shape index (κ1) is 15.4. The van der Waals surface area contributed by atoms with Crippen molar-refractivity contribution >= 4 is 5.82 Å². The molecule has 118 valence electrons. The Kier molecular flexibility index (Phi) is 3.84. The number of pyridine rings is 1. The lowest BCUT2D eigenvalue weighted by molar-refractivity contribution is 0.475. The molecule has 0 radical (unpaired) electrons. The van der Waals surface area contributed by atoms with Crippen molar-refractivity contribution in [1.29, 1.82) is 5.26 Å². The number of nitriles is 1. The first-order valence-corrected chi connectivity index (χ1v) is 7.30. The molecule has 2 heterocycles. The number of rotatable bonds is 2. The number of anilines is 1. The minimum atomic E-state index is 0.154. The van der Waals surface area contributed by atoms with E-state index in [4.69, 9.17) is 5.73 Å².